The van der Waals surface area contributed by atoms with Gasteiger partial charge in [0.2, 0.25) is 0 Å². The third-order valence-corrected chi connectivity index (χ3v) is 6.78. The zero-order chi connectivity index (χ0) is 22.2. The molecule has 2 aliphatic rings. The van der Waals surface area contributed by atoms with Gasteiger partial charge in [-0.05, 0) is 52.0 Å². The summed E-state index contributed by atoms with van der Waals surface area (Å²) in [4.78, 5) is 4.76. The van der Waals surface area contributed by atoms with Crippen molar-refractivity contribution >= 4 is 21.4 Å². The van der Waals surface area contributed by atoms with E-state index in [4.69, 9.17) is 9.47 Å². The largest absolute Gasteiger partial charge is 0.367 e. The second-order valence-corrected chi connectivity index (χ2v) is 10.8. The third kappa shape index (κ3) is 5.38. The Labute approximate surface area is 185 Å². The summed E-state index contributed by atoms with van der Waals surface area (Å²) in [7, 11) is -3.65. The lowest BCUT2D eigenvalue weighted by molar-refractivity contribution is -0.0578. The van der Waals surface area contributed by atoms with Crippen LogP contribution in [0, 0.1) is 6.92 Å². The zero-order valence-corrected chi connectivity index (χ0v) is 19.4. The summed E-state index contributed by atoms with van der Waals surface area (Å²) in [5, 5.41) is 0. The van der Waals surface area contributed by atoms with E-state index in [0.29, 0.717) is 5.69 Å². The molecule has 0 saturated carbocycles. The van der Waals surface area contributed by atoms with Crippen LogP contribution in [0.15, 0.2) is 53.4 Å². The molecule has 2 unspecified atom stereocenters. The predicted octanol–water partition coefficient (Wildman–Crippen LogP) is 3.42. The summed E-state index contributed by atoms with van der Waals surface area (Å²) in [6, 6.07) is 14.4. The van der Waals surface area contributed by atoms with Crippen LogP contribution in [0.2, 0.25) is 0 Å². The van der Waals surface area contributed by atoms with Crippen molar-refractivity contribution in [3.8, 4) is 0 Å². The van der Waals surface area contributed by atoms with Gasteiger partial charge in [-0.1, -0.05) is 29.8 Å². The number of sulfonamides is 1. The molecule has 0 aromatic heterocycles. The molecular weight excluding hydrogens is 414 g/mol. The molecule has 0 radical (unpaired) electrons. The van der Waals surface area contributed by atoms with Crippen LogP contribution in [-0.2, 0) is 19.5 Å². The highest BCUT2D eigenvalue weighted by Gasteiger charge is 2.47. The molecule has 2 atom stereocenters. The zero-order valence-electron chi connectivity index (χ0n) is 18.5. The number of hydrogen-bond acceptors (Lipinski definition) is 6. The van der Waals surface area contributed by atoms with Crippen LogP contribution in [0.25, 0.3) is 0 Å². The van der Waals surface area contributed by atoms with E-state index in [-0.39, 0.29) is 23.0 Å². The lowest BCUT2D eigenvalue weighted by Crippen LogP contribution is -2.48. The first-order chi connectivity index (χ1) is 14.6. The van der Waals surface area contributed by atoms with E-state index < -0.39 is 10.0 Å². The van der Waals surface area contributed by atoms with Crippen molar-refractivity contribution in [1.29, 1.82) is 0 Å². The summed E-state index contributed by atoms with van der Waals surface area (Å²) in [5.41, 5.74) is 2.27. The van der Waals surface area contributed by atoms with Crippen molar-refractivity contribution in [3.63, 3.8) is 0 Å². The van der Waals surface area contributed by atoms with E-state index in [0.717, 1.165) is 37.4 Å². The Bertz CT molecular complexity index is 1010. The number of para-hydroxylation sites is 2. The van der Waals surface area contributed by atoms with Crippen LogP contribution in [-0.4, -0.2) is 57.6 Å². The second-order valence-electron chi connectivity index (χ2n) is 9.08. The van der Waals surface area contributed by atoms with E-state index in [9.17, 15) is 8.42 Å². The van der Waals surface area contributed by atoms with E-state index in [1.54, 1.807) is 24.3 Å². The van der Waals surface area contributed by atoms with Crippen molar-refractivity contribution in [1.82, 2.24) is 4.90 Å². The maximum absolute atomic E-state index is 12.9. The number of piperazine rings is 1. The number of rotatable bonds is 6. The minimum absolute atomic E-state index is 0.0108. The van der Waals surface area contributed by atoms with Crippen LogP contribution in [0.3, 0.4) is 0 Å². The van der Waals surface area contributed by atoms with Crippen LogP contribution < -0.4 is 9.62 Å². The number of ether oxygens (including phenoxy) is 2. The Morgan fingerprint density at radius 3 is 2.29 bits per heavy atom. The van der Waals surface area contributed by atoms with Crippen molar-refractivity contribution in [2.45, 2.75) is 50.7 Å². The molecule has 2 aromatic rings. The number of nitrogens with one attached hydrogen (secondary N) is 1. The lowest BCUT2D eigenvalue weighted by atomic mass is 10.2. The molecule has 31 heavy (non-hydrogen) atoms. The molecule has 2 aliphatic heterocycles. The van der Waals surface area contributed by atoms with Crippen molar-refractivity contribution < 1.29 is 17.9 Å². The van der Waals surface area contributed by atoms with Gasteiger partial charge in [0.1, 0.15) is 0 Å². The molecule has 7 nitrogen and oxygen atoms in total. The lowest BCUT2D eigenvalue weighted by Gasteiger charge is -2.36. The van der Waals surface area contributed by atoms with Gasteiger partial charge in [-0.25, -0.2) is 8.42 Å². The highest BCUT2D eigenvalue weighted by atomic mass is 32.2. The molecular formula is C23H31N3O4S. The van der Waals surface area contributed by atoms with Gasteiger partial charge in [0.15, 0.2) is 12.5 Å². The summed E-state index contributed by atoms with van der Waals surface area (Å²) >= 11 is 0. The Kier molecular flexibility index (Phi) is 6.00. The van der Waals surface area contributed by atoms with E-state index in [2.05, 4.69) is 14.5 Å². The number of hydrogen-bond donors (Lipinski definition) is 1. The minimum atomic E-state index is -3.65. The molecule has 2 fully saturated rings. The fraction of sp³-hybridized carbons (Fsp3) is 0.478. The molecule has 1 N–H and O–H groups in total. The Balaban J connectivity index is 1.41. The summed E-state index contributed by atoms with van der Waals surface area (Å²) in [6.07, 6.45) is -0.156. The first kappa shape index (κ1) is 22.1. The second kappa shape index (κ2) is 8.43. The standard InChI is InChI=1S/C23H31N3O4S/c1-17-9-11-18(12-10-17)31(27,28)24-19-7-5-6-8-20(19)25-13-15-26(16-14-25)21-22(29-21)30-23(2,3)4/h5-12,21-22,24H,13-16H2,1-4H3. The molecule has 2 aromatic carbocycles. The number of anilines is 2. The minimum Gasteiger partial charge on any atom is -0.367 e. The van der Waals surface area contributed by atoms with Crippen molar-refractivity contribution in [3.05, 3.63) is 54.1 Å². The quantitative estimate of drug-likeness (QED) is 0.687. The molecule has 2 saturated heterocycles. The first-order valence-corrected chi connectivity index (χ1v) is 12.1. The Morgan fingerprint density at radius 1 is 1.00 bits per heavy atom. The van der Waals surface area contributed by atoms with Gasteiger partial charge in [0, 0.05) is 26.2 Å². The van der Waals surface area contributed by atoms with Gasteiger partial charge < -0.3 is 14.4 Å². The highest BCUT2D eigenvalue weighted by Crippen LogP contribution is 2.33. The third-order valence-electron chi connectivity index (χ3n) is 5.39. The average Bonchev–Trinajstić information content (AvgIpc) is 3.46. The molecule has 2 heterocycles. The highest BCUT2D eigenvalue weighted by molar-refractivity contribution is 7.92. The first-order valence-electron chi connectivity index (χ1n) is 10.6. The van der Waals surface area contributed by atoms with Gasteiger partial charge in [-0.3, -0.25) is 9.62 Å². The molecule has 0 spiro atoms. The maximum Gasteiger partial charge on any atom is 0.261 e. The van der Waals surface area contributed by atoms with E-state index in [1.807, 2.05) is 52.0 Å². The monoisotopic (exact) mass is 445 g/mol. The molecule has 4 rings (SSSR count). The summed E-state index contributed by atoms with van der Waals surface area (Å²) < 4.78 is 40.1. The van der Waals surface area contributed by atoms with Crippen LogP contribution in [0.5, 0.6) is 0 Å². The van der Waals surface area contributed by atoms with Gasteiger partial charge >= 0.3 is 0 Å². The SMILES string of the molecule is Cc1ccc(S(=O)(=O)Nc2ccccc2N2CCN(C3OC3OC(C)(C)C)CC2)cc1. The number of aryl methyl sites for hydroxylation is 1. The summed E-state index contributed by atoms with van der Waals surface area (Å²) in [6.45, 7) is 11.2. The Hall–Kier alpha value is -2.13. The average molecular weight is 446 g/mol. The van der Waals surface area contributed by atoms with Gasteiger partial charge in [0.25, 0.3) is 10.0 Å². The fourth-order valence-corrected chi connectivity index (χ4v) is 4.83. The van der Waals surface area contributed by atoms with Gasteiger partial charge in [0.05, 0.1) is 21.9 Å². The maximum atomic E-state index is 12.9. The number of benzene rings is 2. The Morgan fingerprint density at radius 2 is 1.65 bits per heavy atom. The topological polar surface area (TPSA) is 74.4 Å². The smallest absolute Gasteiger partial charge is 0.261 e. The van der Waals surface area contributed by atoms with E-state index >= 15 is 0 Å². The van der Waals surface area contributed by atoms with Crippen LogP contribution in [0.1, 0.15) is 26.3 Å². The molecule has 8 heteroatoms. The molecule has 168 valence electrons. The predicted molar refractivity (Wildman–Crippen MR) is 122 cm³/mol. The van der Waals surface area contributed by atoms with Crippen molar-refractivity contribution in [2.24, 2.45) is 0 Å². The number of nitrogens with zero attached hydrogens (tertiary/aromatic N) is 2. The molecule has 0 aliphatic carbocycles. The summed E-state index contributed by atoms with van der Waals surface area (Å²) in [5.74, 6) is 0. The van der Waals surface area contributed by atoms with Crippen molar-refractivity contribution in [2.75, 3.05) is 35.8 Å². The normalized spacial score (nSPS) is 22.4. The van der Waals surface area contributed by atoms with Crippen LogP contribution in [0.4, 0.5) is 11.4 Å². The van der Waals surface area contributed by atoms with Crippen LogP contribution >= 0.6 is 0 Å². The van der Waals surface area contributed by atoms with E-state index in [1.165, 1.54) is 0 Å². The van der Waals surface area contributed by atoms with Gasteiger partial charge in [-0.15, -0.1) is 0 Å². The van der Waals surface area contributed by atoms with Gasteiger partial charge in [-0.2, -0.15) is 0 Å². The molecule has 0 bridgehead atoms. The fourth-order valence-electron chi connectivity index (χ4n) is 3.76. The number of epoxide rings is 1. The molecule has 0 amide bonds.